The Morgan fingerprint density at radius 2 is 1.55 bits per heavy atom. The predicted octanol–water partition coefficient (Wildman–Crippen LogP) is 4.77. The van der Waals surface area contributed by atoms with Gasteiger partial charge in [-0.15, -0.1) is 0 Å². The second-order valence-electron chi connectivity index (χ2n) is 8.08. The summed E-state index contributed by atoms with van der Waals surface area (Å²) >= 11 is 0. The lowest BCUT2D eigenvalue weighted by Crippen LogP contribution is -2.43. The van der Waals surface area contributed by atoms with Crippen LogP contribution < -0.4 is 5.32 Å². The zero-order valence-electron chi connectivity index (χ0n) is 17.8. The van der Waals surface area contributed by atoms with Gasteiger partial charge in [-0.1, -0.05) is 72.8 Å². The van der Waals surface area contributed by atoms with Gasteiger partial charge in [0, 0.05) is 30.1 Å². The Labute approximate surface area is 190 Å². The van der Waals surface area contributed by atoms with Gasteiger partial charge in [-0.3, -0.25) is 4.98 Å². The molecule has 1 aliphatic rings. The van der Waals surface area contributed by atoms with Crippen molar-refractivity contribution in [1.29, 1.82) is 0 Å². The van der Waals surface area contributed by atoms with Crippen LogP contribution in [-0.2, 0) is 16.0 Å². The molecule has 0 spiro atoms. The number of ether oxygens (including phenoxy) is 1. The molecule has 0 saturated carbocycles. The minimum absolute atomic E-state index is 0.0892. The van der Waals surface area contributed by atoms with Crippen LogP contribution in [0.5, 0.6) is 0 Å². The van der Waals surface area contributed by atoms with E-state index in [4.69, 9.17) is 4.74 Å². The van der Waals surface area contributed by atoms with Crippen LogP contribution in [0, 0.1) is 0 Å². The molecule has 5 rings (SSSR count). The van der Waals surface area contributed by atoms with E-state index in [0.29, 0.717) is 0 Å². The first kappa shape index (κ1) is 20.7. The molecule has 1 heterocycles. The molecule has 1 aliphatic carbocycles. The number of carboxylic acids is 1. The topological polar surface area (TPSA) is 88.5 Å². The first-order valence-corrected chi connectivity index (χ1v) is 10.8. The third-order valence-electron chi connectivity index (χ3n) is 6.11. The van der Waals surface area contributed by atoms with E-state index in [1.165, 1.54) is 0 Å². The third-order valence-corrected chi connectivity index (χ3v) is 6.11. The Kier molecular flexibility index (Phi) is 5.48. The molecule has 0 unspecified atom stereocenters. The number of aromatic nitrogens is 1. The normalized spacial score (nSPS) is 13.2. The van der Waals surface area contributed by atoms with E-state index in [0.717, 1.165) is 38.6 Å². The number of aliphatic carboxylic acids is 1. The largest absolute Gasteiger partial charge is 0.480 e. The maximum Gasteiger partial charge on any atom is 0.407 e. The molecule has 33 heavy (non-hydrogen) atoms. The van der Waals surface area contributed by atoms with Crippen LogP contribution in [0.25, 0.3) is 21.9 Å². The fourth-order valence-corrected chi connectivity index (χ4v) is 4.54. The summed E-state index contributed by atoms with van der Waals surface area (Å²) in [5.74, 6) is -1.22. The summed E-state index contributed by atoms with van der Waals surface area (Å²) in [6, 6.07) is 22.6. The molecule has 6 nitrogen and oxygen atoms in total. The summed E-state index contributed by atoms with van der Waals surface area (Å²) in [5.41, 5.74) is 5.22. The molecule has 0 aliphatic heterocycles. The lowest BCUT2D eigenvalue weighted by Gasteiger charge is -2.18. The van der Waals surface area contributed by atoms with Crippen molar-refractivity contribution in [3.63, 3.8) is 0 Å². The maximum atomic E-state index is 12.6. The van der Waals surface area contributed by atoms with Crippen molar-refractivity contribution in [2.45, 2.75) is 18.4 Å². The summed E-state index contributed by atoms with van der Waals surface area (Å²) in [6.45, 7) is 0.127. The van der Waals surface area contributed by atoms with Crippen LogP contribution in [-0.4, -0.2) is 34.8 Å². The van der Waals surface area contributed by atoms with Crippen LogP contribution in [0.3, 0.4) is 0 Å². The van der Waals surface area contributed by atoms with Crippen molar-refractivity contribution in [1.82, 2.24) is 10.3 Å². The van der Waals surface area contributed by atoms with Crippen molar-refractivity contribution in [2.75, 3.05) is 6.61 Å². The number of hydrogen-bond donors (Lipinski definition) is 2. The first-order chi connectivity index (χ1) is 16.1. The SMILES string of the molecule is O=C(N[C@@H](Cc1cncc2ccccc12)C(=O)O)OCC1c2ccccc2-c2ccccc21. The monoisotopic (exact) mass is 438 g/mol. The minimum Gasteiger partial charge on any atom is -0.480 e. The highest BCUT2D eigenvalue weighted by Crippen LogP contribution is 2.44. The molecule has 3 aromatic carbocycles. The van der Waals surface area contributed by atoms with Crippen LogP contribution in [0.15, 0.2) is 85.2 Å². The Bertz CT molecular complexity index is 1300. The number of benzene rings is 3. The van der Waals surface area contributed by atoms with Crippen LogP contribution in [0.1, 0.15) is 22.6 Å². The standard InChI is InChI=1S/C27H22N2O4/c30-26(31)25(13-18-15-28-14-17-7-1-2-8-19(17)18)29-27(32)33-16-24-22-11-5-3-9-20(22)21-10-4-6-12-23(21)24/h1-12,14-15,24-25H,13,16H2,(H,29,32)(H,30,31)/t25-/m0/s1. The Hall–Kier alpha value is -4.19. The number of amides is 1. The zero-order chi connectivity index (χ0) is 22.8. The number of alkyl carbamates (subject to hydrolysis) is 1. The van der Waals surface area contributed by atoms with Gasteiger partial charge in [0.25, 0.3) is 0 Å². The van der Waals surface area contributed by atoms with Gasteiger partial charge in [0.1, 0.15) is 12.6 Å². The van der Waals surface area contributed by atoms with E-state index in [2.05, 4.69) is 22.4 Å². The number of carbonyl (C=O) groups excluding carboxylic acids is 1. The van der Waals surface area contributed by atoms with Gasteiger partial charge in [0.05, 0.1) is 0 Å². The van der Waals surface area contributed by atoms with Crippen molar-refractivity contribution in [3.8, 4) is 11.1 Å². The number of carbonyl (C=O) groups is 2. The fourth-order valence-electron chi connectivity index (χ4n) is 4.54. The summed E-state index contributed by atoms with van der Waals surface area (Å²) in [4.78, 5) is 28.7. The maximum absolute atomic E-state index is 12.6. The summed E-state index contributed by atoms with van der Waals surface area (Å²) in [7, 11) is 0. The zero-order valence-corrected chi connectivity index (χ0v) is 17.8. The van der Waals surface area contributed by atoms with Crippen LogP contribution in [0.2, 0.25) is 0 Å². The first-order valence-electron chi connectivity index (χ1n) is 10.8. The Morgan fingerprint density at radius 3 is 2.24 bits per heavy atom. The highest BCUT2D eigenvalue weighted by molar-refractivity contribution is 5.86. The molecule has 4 aromatic rings. The minimum atomic E-state index is -1.13. The quantitative estimate of drug-likeness (QED) is 0.453. The highest BCUT2D eigenvalue weighted by atomic mass is 16.5. The van der Waals surface area contributed by atoms with Crippen molar-refractivity contribution >= 4 is 22.8 Å². The van der Waals surface area contributed by atoms with Gasteiger partial charge < -0.3 is 15.2 Å². The summed E-state index contributed by atoms with van der Waals surface area (Å²) < 4.78 is 5.52. The van der Waals surface area contributed by atoms with Gasteiger partial charge in [0.2, 0.25) is 0 Å². The fraction of sp³-hybridized carbons (Fsp3) is 0.148. The number of nitrogens with one attached hydrogen (secondary N) is 1. The number of carboxylic acid groups (broad SMARTS) is 1. The van der Waals surface area contributed by atoms with E-state index in [1.807, 2.05) is 60.7 Å². The summed E-state index contributed by atoms with van der Waals surface area (Å²) in [5, 5.41) is 14.0. The average Bonchev–Trinajstić information content (AvgIpc) is 3.16. The number of pyridine rings is 1. The van der Waals surface area contributed by atoms with Crippen molar-refractivity contribution in [3.05, 3.63) is 102 Å². The molecule has 1 aromatic heterocycles. The van der Waals surface area contributed by atoms with Crippen molar-refractivity contribution < 1.29 is 19.4 Å². The molecule has 1 amide bonds. The second kappa shape index (κ2) is 8.74. The van der Waals surface area contributed by atoms with E-state index >= 15 is 0 Å². The third kappa shape index (κ3) is 4.03. The predicted molar refractivity (Wildman–Crippen MR) is 125 cm³/mol. The highest BCUT2D eigenvalue weighted by Gasteiger charge is 2.30. The Morgan fingerprint density at radius 1 is 0.909 bits per heavy atom. The lowest BCUT2D eigenvalue weighted by molar-refractivity contribution is -0.139. The van der Waals surface area contributed by atoms with Crippen LogP contribution >= 0.6 is 0 Å². The smallest absolute Gasteiger partial charge is 0.407 e. The van der Waals surface area contributed by atoms with E-state index in [1.54, 1.807) is 12.4 Å². The van der Waals surface area contributed by atoms with Gasteiger partial charge >= 0.3 is 12.1 Å². The number of fused-ring (bicyclic) bond motifs is 4. The lowest BCUT2D eigenvalue weighted by atomic mass is 9.98. The van der Waals surface area contributed by atoms with Gasteiger partial charge in [0.15, 0.2) is 0 Å². The Balaban J connectivity index is 1.29. The average molecular weight is 438 g/mol. The number of nitrogens with zero attached hydrogens (tertiary/aromatic N) is 1. The van der Waals surface area contributed by atoms with E-state index < -0.39 is 18.1 Å². The van der Waals surface area contributed by atoms with Gasteiger partial charge in [-0.05, 0) is 33.2 Å². The number of hydrogen-bond acceptors (Lipinski definition) is 4. The molecule has 2 N–H and O–H groups in total. The van der Waals surface area contributed by atoms with Gasteiger partial charge in [-0.25, -0.2) is 9.59 Å². The van der Waals surface area contributed by atoms with Crippen molar-refractivity contribution in [2.24, 2.45) is 0 Å². The molecule has 0 saturated heterocycles. The molecule has 1 atom stereocenters. The molecule has 0 bridgehead atoms. The molecular formula is C27H22N2O4. The molecule has 0 fully saturated rings. The molecule has 0 radical (unpaired) electrons. The summed E-state index contributed by atoms with van der Waals surface area (Å²) in [6.07, 6.45) is 2.72. The van der Waals surface area contributed by atoms with Crippen LogP contribution in [0.4, 0.5) is 4.79 Å². The van der Waals surface area contributed by atoms with Gasteiger partial charge in [-0.2, -0.15) is 0 Å². The van der Waals surface area contributed by atoms with E-state index in [9.17, 15) is 14.7 Å². The van der Waals surface area contributed by atoms with E-state index in [-0.39, 0.29) is 18.9 Å². The molecule has 6 heteroatoms. The molecular weight excluding hydrogens is 416 g/mol. The molecule has 164 valence electrons. The number of rotatable bonds is 6. The second-order valence-corrected chi connectivity index (χ2v) is 8.08.